The topological polar surface area (TPSA) is 75.4 Å². The zero-order valence-electron chi connectivity index (χ0n) is 10.7. The summed E-state index contributed by atoms with van der Waals surface area (Å²) >= 11 is 0. The van der Waals surface area contributed by atoms with Crippen LogP contribution in [0, 0.1) is 0 Å². The second kappa shape index (κ2) is 6.15. The molecule has 0 spiro atoms. The second-order valence-electron chi connectivity index (χ2n) is 4.20. The van der Waals surface area contributed by atoms with Gasteiger partial charge in [-0.05, 0) is 6.42 Å². The smallest absolute Gasteiger partial charge is 0.257 e. The normalized spacial score (nSPS) is 12.1. The Morgan fingerprint density at radius 2 is 2.16 bits per heavy atom. The first-order chi connectivity index (χ1) is 9.26. The fourth-order valence-electron chi connectivity index (χ4n) is 1.74. The number of benzene rings is 1. The lowest BCUT2D eigenvalue weighted by Crippen LogP contribution is -2.36. The summed E-state index contributed by atoms with van der Waals surface area (Å²) in [7, 11) is 0. The fourth-order valence-corrected chi connectivity index (χ4v) is 1.74. The van der Waals surface area contributed by atoms with E-state index in [1.165, 1.54) is 6.20 Å². The summed E-state index contributed by atoms with van der Waals surface area (Å²) in [5, 5.41) is 15.5. The third-order valence-electron chi connectivity index (χ3n) is 2.90. The number of aliphatic hydroxyl groups excluding tert-OH is 1. The second-order valence-corrected chi connectivity index (χ2v) is 4.20. The SMILES string of the molecule is CCC(CO)NC(=O)c1cnoc1-c1ccccc1. The molecule has 1 atom stereocenters. The van der Waals surface area contributed by atoms with Crippen LogP contribution in [0.1, 0.15) is 23.7 Å². The van der Waals surface area contributed by atoms with E-state index in [1.807, 2.05) is 37.3 Å². The Kier molecular flexibility index (Phi) is 4.30. The van der Waals surface area contributed by atoms with Crippen LogP contribution < -0.4 is 5.32 Å². The number of rotatable bonds is 5. The van der Waals surface area contributed by atoms with Crippen molar-refractivity contribution in [2.24, 2.45) is 0 Å². The molecular weight excluding hydrogens is 244 g/mol. The molecule has 0 radical (unpaired) electrons. The van der Waals surface area contributed by atoms with E-state index >= 15 is 0 Å². The molecule has 5 heteroatoms. The first kappa shape index (κ1) is 13.3. The van der Waals surface area contributed by atoms with Gasteiger partial charge >= 0.3 is 0 Å². The number of amides is 1. The average Bonchev–Trinajstić information content (AvgIpc) is 2.95. The molecule has 0 saturated heterocycles. The van der Waals surface area contributed by atoms with Crippen molar-refractivity contribution in [3.63, 3.8) is 0 Å². The monoisotopic (exact) mass is 260 g/mol. The Morgan fingerprint density at radius 3 is 2.79 bits per heavy atom. The lowest BCUT2D eigenvalue weighted by Gasteiger charge is -2.13. The maximum atomic E-state index is 12.1. The van der Waals surface area contributed by atoms with Crippen LogP contribution in [-0.2, 0) is 0 Å². The van der Waals surface area contributed by atoms with E-state index in [-0.39, 0.29) is 18.6 Å². The summed E-state index contributed by atoms with van der Waals surface area (Å²) in [5.74, 6) is 0.145. The molecule has 0 aliphatic rings. The van der Waals surface area contributed by atoms with Gasteiger partial charge in [-0.3, -0.25) is 4.79 Å². The summed E-state index contributed by atoms with van der Waals surface area (Å²) in [6, 6.07) is 9.05. The standard InChI is InChI=1S/C14H16N2O3/c1-2-11(9-17)16-14(18)12-8-15-19-13(12)10-6-4-3-5-7-10/h3-8,11,17H,2,9H2,1H3,(H,16,18). The number of aliphatic hydroxyl groups is 1. The first-order valence-corrected chi connectivity index (χ1v) is 6.18. The number of hydrogen-bond donors (Lipinski definition) is 2. The molecule has 0 fully saturated rings. The van der Waals surface area contributed by atoms with Crippen LogP contribution in [0.2, 0.25) is 0 Å². The predicted molar refractivity (Wildman–Crippen MR) is 70.6 cm³/mol. The molecule has 0 saturated carbocycles. The van der Waals surface area contributed by atoms with Crippen LogP contribution in [0.3, 0.4) is 0 Å². The highest BCUT2D eigenvalue weighted by atomic mass is 16.5. The lowest BCUT2D eigenvalue weighted by molar-refractivity contribution is 0.0915. The summed E-state index contributed by atoms with van der Waals surface area (Å²) in [5.41, 5.74) is 1.17. The summed E-state index contributed by atoms with van der Waals surface area (Å²) < 4.78 is 5.15. The molecule has 2 rings (SSSR count). The van der Waals surface area contributed by atoms with Crippen LogP contribution in [0.15, 0.2) is 41.1 Å². The molecule has 5 nitrogen and oxygen atoms in total. The van der Waals surface area contributed by atoms with Crippen LogP contribution in [0.5, 0.6) is 0 Å². The highest BCUT2D eigenvalue weighted by molar-refractivity contribution is 5.99. The van der Waals surface area contributed by atoms with Gasteiger partial charge in [0.05, 0.1) is 18.8 Å². The number of aromatic nitrogens is 1. The first-order valence-electron chi connectivity index (χ1n) is 6.18. The van der Waals surface area contributed by atoms with E-state index in [4.69, 9.17) is 9.63 Å². The van der Waals surface area contributed by atoms with Gasteiger partial charge in [0.15, 0.2) is 5.76 Å². The summed E-state index contributed by atoms with van der Waals surface area (Å²) in [4.78, 5) is 12.1. The molecule has 1 aromatic heterocycles. The van der Waals surface area contributed by atoms with Crippen molar-refractivity contribution in [2.45, 2.75) is 19.4 Å². The van der Waals surface area contributed by atoms with Gasteiger partial charge in [0, 0.05) is 5.56 Å². The van der Waals surface area contributed by atoms with Crippen LogP contribution >= 0.6 is 0 Å². The zero-order valence-corrected chi connectivity index (χ0v) is 10.7. The molecule has 2 aromatic rings. The third-order valence-corrected chi connectivity index (χ3v) is 2.90. The van der Waals surface area contributed by atoms with Crippen LogP contribution in [-0.4, -0.2) is 28.8 Å². The Morgan fingerprint density at radius 1 is 1.42 bits per heavy atom. The molecule has 100 valence electrons. The molecule has 2 N–H and O–H groups in total. The summed E-state index contributed by atoms with van der Waals surface area (Å²) in [6.45, 7) is 1.81. The molecule has 1 unspecified atom stereocenters. The van der Waals surface area contributed by atoms with E-state index in [0.29, 0.717) is 17.7 Å². The van der Waals surface area contributed by atoms with E-state index in [0.717, 1.165) is 5.56 Å². The van der Waals surface area contributed by atoms with Crippen LogP contribution in [0.25, 0.3) is 11.3 Å². The summed E-state index contributed by atoms with van der Waals surface area (Å²) in [6.07, 6.45) is 2.05. The Labute approximate surface area is 111 Å². The van der Waals surface area contributed by atoms with Gasteiger partial charge in [0.2, 0.25) is 0 Å². The van der Waals surface area contributed by atoms with E-state index in [1.54, 1.807) is 0 Å². The number of carbonyl (C=O) groups excluding carboxylic acids is 1. The lowest BCUT2D eigenvalue weighted by atomic mass is 10.1. The molecule has 1 heterocycles. The van der Waals surface area contributed by atoms with Gasteiger partial charge in [-0.1, -0.05) is 42.4 Å². The van der Waals surface area contributed by atoms with E-state index in [2.05, 4.69) is 10.5 Å². The Hall–Kier alpha value is -2.14. The molecule has 19 heavy (non-hydrogen) atoms. The van der Waals surface area contributed by atoms with Crippen molar-refractivity contribution in [3.8, 4) is 11.3 Å². The number of hydrogen-bond acceptors (Lipinski definition) is 4. The molecule has 1 amide bonds. The average molecular weight is 260 g/mol. The molecule has 0 aliphatic heterocycles. The van der Waals surface area contributed by atoms with Gasteiger partial charge in [0.25, 0.3) is 5.91 Å². The molecule has 1 aromatic carbocycles. The van der Waals surface area contributed by atoms with Gasteiger partial charge in [-0.15, -0.1) is 0 Å². The van der Waals surface area contributed by atoms with Crippen molar-refractivity contribution in [2.75, 3.05) is 6.61 Å². The maximum Gasteiger partial charge on any atom is 0.257 e. The van der Waals surface area contributed by atoms with Gasteiger partial charge in [-0.25, -0.2) is 0 Å². The van der Waals surface area contributed by atoms with Gasteiger partial charge in [-0.2, -0.15) is 0 Å². The van der Waals surface area contributed by atoms with Crippen molar-refractivity contribution in [1.29, 1.82) is 0 Å². The van der Waals surface area contributed by atoms with Crippen molar-refractivity contribution in [1.82, 2.24) is 10.5 Å². The Balaban J connectivity index is 2.23. The maximum absolute atomic E-state index is 12.1. The minimum Gasteiger partial charge on any atom is -0.394 e. The minimum absolute atomic E-state index is 0.0891. The molecule has 0 aliphatic carbocycles. The van der Waals surface area contributed by atoms with Crippen molar-refractivity contribution in [3.05, 3.63) is 42.1 Å². The minimum atomic E-state index is -0.291. The van der Waals surface area contributed by atoms with Crippen molar-refractivity contribution < 1.29 is 14.4 Å². The third kappa shape index (κ3) is 3.00. The molecular formula is C14H16N2O3. The largest absolute Gasteiger partial charge is 0.394 e. The van der Waals surface area contributed by atoms with Crippen LogP contribution in [0.4, 0.5) is 0 Å². The zero-order chi connectivity index (χ0) is 13.7. The number of carbonyl (C=O) groups is 1. The quantitative estimate of drug-likeness (QED) is 0.860. The molecule has 0 bridgehead atoms. The highest BCUT2D eigenvalue weighted by Crippen LogP contribution is 2.23. The highest BCUT2D eigenvalue weighted by Gasteiger charge is 2.19. The van der Waals surface area contributed by atoms with Gasteiger partial charge < -0.3 is 14.9 Å². The number of nitrogens with zero attached hydrogens (tertiary/aromatic N) is 1. The fraction of sp³-hybridized carbons (Fsp3) is 0.286. The predicted octanol–water partition coefficient (Wildman–Crippen LogP) is 1.84. The van der Waals surface area contributed by atoms with Crippen molar-refractivity contribution >= 4 is 5.91 Å². The van der Waals surface area contributed by atoms with E-state index < -0.39 is 0 Å². The number of nitrogens with one attached hydrogen (secondary N) is 1. The van der Waals surface area contributed by atoms with E-state index in [9.17, 15) is 4.79 Å². The Bertz CT molecular complexity index is 533. The van der Waals surface area contributed by atoms with Gasteiger partial charge in [0.1, 0.15) is 5.56 Å².